The molecule has 6 heteroatoms. The maximum absolute atomic E-state index is 13.8. The summed E-state index contributed by atoms with van der Waals surface area (Å²) in [5.74, 6) is 1.71. The molecule has 0 unspecified atom stereocenters. The predicted molar refractivity (Wildman–Crippen MR) is 160 cm³/mol. The minimum atomic E-state index is -0.503. The quantitative estimate of drug-likeness (QED) is 0.341. The first kappa shape index (κ1) is 28.5. The Bertz CT molecular complexity index is 1340. The van der Waals surface area contributed by atoms with E-state index in [9.17, 15) is 9.59 Å². The monoisotopic (exact) mass is 561 g/mol. The Hall–Kier alpha value is -3.05. The van der Waals surface area contributed by atoms with Crippen LogP contribution in [0.2, 0.25) is 5.02 Å². The number of ether oxygens (including phenoxy) is 2. The second kappa shape index (κ2) is 10.7. The molecule has 2 aromatic rings. The van der Waals surface area contributed by atoms with Crippen molar-refractivity contribution in [2.24, 2.45) is 10.8 Å². The van der Waals surface area contributed by atoms with Crippen molar-refractivity contribution in [3.8, 4) is 5.75 Å². The van der Waals surface area contributed by atoms with Crippen LogP contribution in [0.5, 0.6) is 5.75 Å². The van der Waals surface area contributed by atoms with Crippen LogP contribution in [0.1, 0.15) is 84.3 Å². The van der Waals surface area contributed by atoms with Crippen LogP contribution in [0.3, 0.4) is 0 Å². The lowest BCUT2D eigenvalue weighted by Crippen LogP contribution is -2.37. The SMILES string of the molecule is CCN(CC)c1ccc(C2C3=C(CC(C)(C)CC3=O)OC3=C2C(=O)CC(C)(C)C3)c(OCc2ccc(Cl)cc2)c1. The number of rotatable bonds is 7. The minimum absolute atomic E-state index is 0.0527. The third-order valence-corrected chi connectivity index (χ3v) is 8.58. The van der Waals surface area contributed by atoms with Crippen LogP contribution in [0.25, 0.3) is 0 Å². The zero-order chi connectivity index (χ0) is 28.8. The Morgan fingerprint density at radius 2 is 1.40 bits per heavy atom. The molecule has 0 fully saturated rings. The molecule has 212 valence electrons. The van der Waals surface area contributed by atoms with Gasteiger partial charge in [-0.15, -0.1) is 0 Å². The van der Waals surface area contributed by atoms with Gasteiger partial charge in [-0.3, -0.25) is 9.59 Å². The average Bonchev–Trinajstić information content (AvgIpc) is 2.86. The van der Waals surface area contributed by atoms with Crippen LogP contribution in [0.15, 0.2) is 65.1 Å². The first-order chi connectivity index (χ1) is 18.9. The number of nitrogens with zero attached hydrogens (tertiary/aromatic N) is 1. The fourth-order valence-electron chi connectivity index (χ4n) is 6.40. The number of ketones is 2. The zero-order valence-electron chi connectivity index (χ0n) is 24.5. The van der Waals surface area contributed by atoms with Crippen molar-refractivity contribution in [2.75, 3.05) is 18.0 Å². The third-order valence-electron chi connectivity index (χ3n) is 8.33. The summed E-state index contributed by atoms with van der Waals surface area (Å²) in [7, 11) is 0. The summed E-state index contributed by atoms with van der Waals surface area (Å²) in [6.45, 7) is 14.7. The standard InChI is InChI=1S/C34H40ClNO4/c1-7-36(8-2)23-13-14-24(27(15-23)39-20-21-9-11-22(35)12-10-21)30-31-25(37)16-33(3,4)18-28(31)40-29-19-34(5,6)17-26(38)32(29)30/h9-15,30H,7-8,16-20H2,1-6H3. The first-order valence-electron chi connectivity index (χ1n) is 14.4. The molecule has 0 bridgehead atoms. The molecule has 0 saturated carbocycles. The molecule has 1 heterocycles. The van der Waals surface area contributed by atoms with Gasteiger partial charge in [0.1, 0.15) is 23.9 Å². The van der Waals surface area contributed by atoms with E-state index in [1.54, 1.807) is 0 Å². The largest absolute Gasteiger partial charge is 0.489 e. The predicted octanol–water partition coefficient (Wildman–Crippen LogP) is 8.17. The second-order valence-corrected chi connectivity index (χ2v) is 13.3. The fourth-order valence-corrected chi connectivity index (χ4v) is 6.53. The lowest BCUT2D eigenvalue weighted by Gasteiger charge is -2.43. The van der Waals surface area contributed by atoms with Crippen molar-refractivity contribution >= 4 is 28.9 Å². The van der Waals surface area contributed by atoms with E-state index in [1.165, 1.54) is 0 Å². The average molecular weight is 562 g/mol. The second-order valence-electron chi connectivity index (χ2n) is 12.9. The first-order valence-corrected chi connectivity index (χ1v) is 14.8. The van der Waals surface area contributed by atoms with E-state index in [0.717, 1.165) is 29.9 Å². The molecular weight excluding hydrogens is 522 g/mol. The highest BCUT2D eigenvalue weighted by Gasteiger charge is 2.48. The van der Waals surface area contributed by atoms with Crippen molar-refractivity contribution in [1.29, 1.82) is 0 Å². The number of carbonyl (C=O) groups excluding carboxylic acids is 2. The fraction of sp³-hybridized carbons (Fsp3) is 0.471. The Balaban J connectivity index is 1.67. The van der Waals surface area contributed by atoms with E-state index in [2.05, 4.69) is 64.6 Å². The van der Waals surface area contributed by atoms with Crippen LogP contribution in [-0.4, -0.2) is 24.7 Å². The van der Waals surface area contributed by atoms with Gasteiger partial charge in [-0.25, -0.2) is 0 Å². The molecule has 0 atom stereocenters. The molecule has 0 N–H and O–H groups in total. The molecule has 0 aromatic heterocycles. The van der Waals surface area contributed by atoms with Gasteiger partial charge in [0, 0.05) is 72.3 Å². The van der Waals surface area contributed by atoms with E-state index < -0.39 is 5.92 Å². The molecule has 0 radical (unpaired) electrons. The Morgan fingerprint density at radius 1 is 0.850 bits per heavy atom. The van der Waals surface area contributed by atoms with Gasteiger partial charge in [0.25, 0.3) is 0 Å². The number of halogens is 1. The maximum atomic E-state index is 13.8. The molecule has 5 rings (SSSR count). The summed E-state index contributed by atoms with van der Waals surface area (Å²) in [5.41, 5.74) is 3.72. The summed E-state index contributed by atoms with van der Waals surface area (Å²) in [6.07, 6.45) is 2.17. The molecule has 0 amide bonds. The van der Waals surface area contributed by atoms with Gasteiger partial charge in [-0.2, -0.15) is 0 Å². The van der Waals surface area contributed by atoms with Crippen LogP contribution in [-0.2, 0) is 20.9 Å². The van der Waals surface area contributed by atoms with Crippen molar-refractivity contribution in [3.05, 3.63) is 81.3 Å². The van der Waals surface area contributed by atoms with Gasteiger partial charge in [-0.1, -0.05) is 57.5 Å². The molecular formula is C34H40ClNO4. The van der Waals surface area contributed by atoms with Crippen molar-refractivity contribution in [2.45, 2.75) is 79.8 Å². The number of allylic oxidation sites excluding steroid dienone is 4. The highest BCUT2D eigenvalue weighted by molar-refractivity contribution is 6.30. The van der Waals surface area contributed by atoms with Gasteiger partial charge >= 0.3 is 0 Å². The lowest BCUT2D eigenvalue weighted by atomic mass is 9.65. The number of Topliss-reactive ketones (excluding diaryl/α,β-unsaturated/α-hetero) is 2. The molecule has 2 aliphatic carbocycles. The number of hydrogen-bond acceptors (Lipinski definition) is 5. The maximum Gasteiger partial charge on any atom is 0.163 e. The molecule has 2 aromatic carbocycles. The number of anilines is 1. The summed E-state index contributed by atoms with van der Waals surface area (Å²) in [6, 6.07) is 13.8. The Morgan fingerprint density at radius 3 is 1.93 bits per heavy atom. The highest BCUT2D eigenvalue weighted by atomic mass is 35.5. The topological polar surface area (TPSA) is 55.8 Å². The van der Waals surface area contributed by atoms with E-state index in [4.69, 9.17) is 21.1 Å². The van der Waals surface area contributed by atoms with Gasteiger partial charge in [0.15, 0.2) is 11.6 Å². The van der Waals surface area contributed by atoms with Gasteiger partial charge in [0.05, 0.1) is 5.92 Å². The summed E-state index contributed by atoms with van der Waals surface area (Å²) < 4.78 is 13.0. The third kappa shape index (κ3) is 5.58. The van der Waals surface area contributed by atoms with Crippen LogP contribution < -0.4 is 9.64 Å². The van der Waals surface area contributed by atoms with Crippen LogP contribution >= 0.6 is 11.6 Å². The van der Waals surface area contributed by atoms with Crippen LogP contribution in [0.4, 0.5) is 5.69 Å². The van der Waals surface area contributed by atoms with Crippen molar-refractivity contribution in [3.63, 3.8) is 0 Å². The lowest BCUT2D eigenvalue weighted by molar-refractivity contribution is -0.120. The van der Waals surface area contributed by atoms with E-state index >= 15 is 0 Å². The minimum Gasteiger partial charge on any atom is -0.489 e. The Labute approximate surface area is 243 Å². The van der Waals surface area contributed by atoms with E-state index in [1.807, 2.05) is 24.3 Å². The molecule has 0 saturated heterocycles. The number of hydrogen-bond donors (Lipinski definition) is 0. The molecule has 0 spiro atoms. The molecule has 3 aliphatic rings. The van der Waals surface area contributed by atoms with E-state index in [0.29, 0.717) is 65.7 Å². The molecule has 1 aliphatic heterocycles. The Kier molecular flexibility index (Phi) is 7.64. The van der Waals surface area contributed by atoms with E-state index in [-0.39, 0.29) is 22.4 Å². The normalized spacial score (nSPS) is 20.2. The zero-order valence-corrected chi connectivity index (χ0v) is 25.3. The number of carbonyl (C=O) groups is 2. The van der Waals surface area contributed by atoms with Crippen molar-refractivity contribution < 1.29 is 19.1 Å². The van der Waals surface area contributed by atoms with Crippen LogP contribution in [0, 0.1) is 10.8 Å². The number of benzene rings is 2. The summed E-state index contributed by atoms with van der Waals surface area (Å²) >= 11 is 6.11. The molecule has 5 nitrogen and oxygen atoms in total. The highest BCUT2D eigenvalue weighted by Crippen LogP contribution is 2.54. The summed E-state index contributed by atoms with van der Waals surface area (Å²) in [4.78, 5) is 29.9. The summed E-state index contributed by atoms with van der Waals surface area (Å²) in [5, 5.41) is 0.673. The van der Waals surface area contributed by atoms with Crippen molar-refractivity contribution in [1.82, 2.24) is 0 Å². The van der Waals surface area contributed by atoms with Gasteiger partial charge in [0.2, 0.25) is 0 Å². The van der Waals surface area contributed by atoms with Gasteiger partial charge < -0.3 is 14.4 Å². The molecule has 40 heavy (non-hydrogen) atoms. The smallest absolute Gasteiger partial charge is 0.163 e. The van der Waals surface area contributed by atoms with Gasteiger partial charge in [-0.05, 0) is 48.4 Å².